The molecule has 1 saturated carbocycles. The third-order valence-corrected chi connectivity index (χ3v) is 6.98. The Morgan fingerprint density at radius 1 is 1.12 bits per heavy atom. The number of benzene rings is 2. The summed E-state index contributed by atoms with van der Waals surface area (Å²) in [4.78, 5) is 28.0. The predicted molar refractivity (Wildman–Crippen MR) is 137 cm³/mol. The van der Waals surface area contributed by atoms with Crippen LogP contribution in [0.5, 0.6) is 11.5 Å². The van der Waals surface area contributed by atoms with Crippen LogP contribution in [-0.2, 0) is 22.6 Å². The number of carbonyl (C=O) groups excluding carboxylic acids is 2. The molecule has 0 aromatic heterocycles. The van der Waals surface area contributed by atoms with E-state index in [1.807, 2.05) is 42.5 Å². The maximum atomic E-state index is 13.3. The summed E-state index contributed by atoms with van der Waals surface area (Å²) in [6, 6.07) is 12.9. The zero-order chi connectivity index (χ0) is 24.5. The van der Waals surface area contributed by atoms with Crippen molar-refractivity contribution in [1.29, 1.82) is 0 Å². The van der Waals surface area contributed by atoms with Crippen molar-refractivity contribution in [3.8, 4) is 11.5 Å². The number of halogens is 1. The molecule has 1 N–H and O–H groups in total. The quantitative estimate of drug-likeness (QED) is 0.454. The van der Waals surface area contributed by atoms with Crippen molar-refractivity contribution < 1.29 is 19.1 Å². The van der Waals surface area contributed by atoms with Crippen LogP contribution in [0.3, 0.4) is 0 Å². The van der Waals surface area contributed by atoms with Gasteiger partial charge in [-0.1, -0.05) is 44.4 Å². The third-order valence-electron chi connectivity index (χ3n) is 6.36. The van der Waals surface area contributed by atoms with Crippen LogP contribution in [0, 0.1) is 0 Å². The van der Waals surface area contributed by atoms with E-state index in [9.17, 15) is 9.59 Å². The maximum absolute atomic E-state index is 13.3. The van der Waals surface area contributed by atoms with Crippen LogP contribution in [0.15, 0.2) is 46.9 Å². The van der Waals surface area contributed by atoms with Crippen LogP contribution in [-0.4, -0.2) is 42.5 Å². The highest BCUT2D eigenvalue weighted by atomic mass is 79.9. The first kappa shape index (κ1) is 26.1. The molecule has 34 heavy (non-hydrogen) atoms. The number of rotatable bonds is 10. The van der Waals surface area contributed by atoms with Gasteiger partial charge < -0.3 is 19.7 Å². The first-order valence-electron chi connectivity index (χ1n) is 12.0. The van der Waals surface area contributed by atoms with Gasteiger partial charge in [0.05, 0.1) is 11.6 Å². The molecular formula is C27H35BrN2O4. The predicted octanol–water partition coefficient (Wildman–Crippen LogP) is 5.27. The number of nitrogens with zero attached hydrogens (tertiary/aromatic N) is 1. The van der Waals surface area contributed by atoms with Crippen molar-refractivity contribution in [1.82, 2.24) is 10.2 Å². The molecule has 0 bridgehead atoms. The molecule has 0 aliphatic heterocycles. The topological polar surface area (TPSA) is 67.9 Å². The Kier molecular flexibility index (Phi) is 9.81. The minimum Gasteiger partial charge on any atom is -0.497 e. The van der Waals surface area contributed by atoms with Gasteiger partial charge in [0.1, 0.15) is 17.5 Å². The van der Waals surface area contributed by atoms with E-state index in [0.717, 1.165) is 42.1 Å². The summed E-state index contributed by atoms with van der Waals surface area (Å²) < 4.78 is 12.0. The van der Waals surface area contributed by atoms with E-state index < -0.39 is 6.04 Å². The molecule has 0 unspecified atom stereocenters. The lowest BCUT2D eigenvalue weighted by molar-refractivity contribution is -0.142. The molecule has 2 aromatic rings. The highest BCUT2D eigenvalue weighted by Gasteiger charge is 2.28. The van der Waals surface area contributed by atoms with Gasteiger partial charge >= 0.3 is 0 Å². The Morgan fingerprint density at radius 3 is 2.56 bits per heavy atom. The highest BCUT2D eigenvalue weighted by molar-refractivity contribution is 9.10. The number of aryl methyl sites for hydroxylation is 1. The molecular weight excluding hydrogens is 496 g/mol. The average molecular weight is 531 g/mol. The summed E-state index contributed by atoms with van der Waals surface area (Å²) in [5.41, 5.74) is 2.07. The van der Waals surface area contributed by atoms with Crippen LogP contribution in [0.2, 0.25) is 0 Å². The third kappa shape index (κ3) is 7.23. The van der Waals surface area contributed by atoms with Crippen molar-refractivity contribution >= 4 is 27.7 Å². The van der Waals surface area contributed by atoms with Gasteiger partial charge in [-0.3, -0.25) is 9.59 Å². The van der Waals surface area contributed by atoms with Gasteiger partial charge in [-0.15, -0.1) is 0 Å². The van der Waals surface area contributed by atoms with Gasteiger partial charge in [0.15, 0.2) is 6.61 Å². The summed E-state index contributed by atoms with van der Waals surface area (Å²) in [5.74, 6) is 0.934. The monoisotopic (exact) mass is 530 g/mol. The minimum atomic E-state index is -0.630. The number of carbonyl (C=O) groups is 2. The number of methoxy groups -OCH3 is 1. The second-order valence-corrected chi connectivity index (χ2v) is 9.65. The molecule has 1 aliphatic rings. The van der Waals surface area contributed by atoms with E-state index in [4.69, 9.17) is 9.47 Å². The number of hydrogen-bond donors (Lipinski definition) is 1. The second kappa shape index (κ2) is 12.8. The zero-order valence-electron chi connectivity index (χ0n) is 20.3. The van der Waals surface area contributed by atoms with Crippen LogP contribution in [0.4, 0.5) is 0 Å². The normalized spacial score (nSPS) is 14.8. The molecule has 1 fully saturated rings. The Bertz CT molecular complexity index is 975. The molecule has 0 spiro atoms. The first-order chi connectivity index (χ1) is 16.4. The van der Waals surface area contributed by atoms with E-state index >= 15 is 0 Å². The fourth-order valence-corrected chi connectivity index (χ4v) is 4.76. The number of hydrogen-bond acceptors (Lipinski definition) is 4. The Labute approximate surface area is 211 Å². The summed E-state index contributed by atoms with van der Waals surface area (Å²) >= 11 is 3.52. The van der Waals surface area contributed by atoms with Crippen molar-refractivity contribution in [3.05, 3.63) is 58.1 Å². The van der Waals surface area contributed by atoms with Gasteiger partial charge in [-0.25, -0.2) is 0 Å². The molecule has 1 aliphatic carbocycles. The summed E-state index contributed by atoms with van der Waals surface area (Å²) in [6.07, 6.45) is 6.38. The molecule has 1 atom stereocenters. The Balaban J connectivity index is 1.73. The van der Waals surface area contributed by atoms with Gasteiger partial charge in [0.2, 0.25) is 5.91 Å². The lowest BCUT2D eigenvalue weighted by Crippen LogP contribution is -2.51. The van der Waals surface area contributed by atoms with Crippen LogP contribution in [0.1, 0.15) is 57.1 Å². The van der Waals surface area contributed by atoms with E-state index in [-0.39, 0.29) is 31.0 Å². The molecule has 2 aromatic carbocycles. The molecule has 6 nitrogen and oxygen atoms in total. The minimum absolute atomic E-state index is 0.128. The summed E-state index contributed by atoms with van der Waals surface area (Å²) in [5, 5.41) is 3.15. The molecule has 184 valence electrons. The van der Waals surface area contributed by atoms with Crippen LogP contribution >= 0.6 is 15.9 Å². The van der Waals surface area contributed by atoms with E-state index in [2.05, 4.69) is 28.2 Å². The SMILES string of the molecule is CCc1ccc(OCC(=O)N(Cc2cccc(OC)c2)[C@@H](C)C(=O)NC2CCCCC2)c(Br)c1. The van der Waals surface area contributed by atoms with E-state index in [1.54, 1.807) is 18.9 Å². The number of nitrogens with one attached hydrogen (secondary N) is 1. The average Bonchev–Trinajstić information content (AvgIpc) is 2.86. The van der Waals surface area contributed by atoms with Crippen LogP contribution in [0.25, 0.3) is 0 Å². The Morgan fingerprint density at radius 2 is 1.88 bits per heavy atom. The van der Waals surface area contributed by atoms with E-state index in [0.29, 0.717) is 11.5 Å². The smallest absolute Gasteiger partial charge is 0.261 e. The molecule has 0 saturated heterocycles. The van der Waals surface area contributed by atoms with Gasteiger partial charge in [-0.05, 0) is 77.5 Å². The zero-order valence-corrected chi connectivity index (χ0v) is 21.9. The molecule has 2 amide bonds. The highest BCUT2D eigenvalue weighted by Crippen LogP contribution is 2.26. The standard InChI is InChI=1S/C27H35BrN2O4/c1-4-20-13-14-25(24(28)16-20)34-18-26(31)30(17-21-9-8-12-23(15-21)33-3)19(2)27(32)29-22-10-6-5-7-11-22/h8-9,12-16,19,22H,4-7,10-11,17-18H2,1-3H3,(H,29,32)/t19-/m0/s1. The van der Waals surface area contributed by atoms with Gasteiger partial charge in [0.25, 0.3) is 5.91 Å². The molecule has 3 rings (SSSR count). The first-order valence-corrected chi connectivity index (χ1v) is 12.8. The fourth-order valence-electron chi connectivity index (χ4n) is 4.22. The van der Waals surface area contributed by atoms with Gasteiger partial charge in [-0.2, -0.15) is 0 Å². The van der Waals surface area contributed by atoms with Crippen molar-refractivity contribution in [3.63, 3.8) is 0 Å². The molecule has 0 heterocycles. The number of amides is 2. The lowest BCUT2D eigenvalue weighted by atomic mass is 9.95. The second-order valence-electron chi connectivity index (χ2n) is 8.80. The van der Waals surface area contributed by atoms with E-state index in [1.165, 1.54) is 12.0 Å². The van der Waals surface area contributed by atoms with Crippen molar-refractivity contribution in [2.75, 3.05) is 13.7 Å². The summed E-state index contributed by atoms with van der Waals surface area (Å²) in [6.45, 7) is 3.99. The Hall–Kier alpha value is -2.54. The summed E-state index contributed by atoms with van der Waals surface area (Å²) in [7, 11) is 1.61. The van der Waals surface area contributed by atoms with Crippen molar-refractivity contribution in [2.45, 2.75) is 71.0 Å². The van der Waals surface area contributed by atoms with Gasteiger partial charge in [0, 0.05) is 12.6 Å². The maximum Gasteiger partial charge on any atom is 0.261 e. The van der Waals surface area contributed by atoms with Crippen molar-refractivity contribution in [2.24, 2.45) is 0 Å². The lowest BCUT2D eigenvalue weighted by Gasteiger charge is -2.31. The fraction of sp³-hybridized carbons (Fsp3) is 0.481. The van der Waals surface area contributed by atoms with Crippen LogP contribution < -0.4 is 14.8 Å². The largest absolute Gasteiger partial charge is 0.497 e. The molecule has 0 radical (unpaired) electrons. The molecule has 7 heteroatoms. The number of ether oxygens (including phenoxy) is 2.